The molecule has 1 aliphatic heterocycles. The van der Waals surface area contributed by atoms with Crippen molar-refractivity contribution in [2.75, 3.05) is 27.2 Å². The number of piperidine rings is 1. The van der Waals surface area contributed by atoms with Crippen molar-refractivity contribution in [3.63, 3.8) is 0 Å². The van der Waals surface area contributed by atoms with Crippen LogP contribution >= 0.6 is 0 Å². The Morgan fingerprint density at radius 3 is 2.59 bits per heavy atom. The third-order valence-electron chi connectivity index (χ3n) is 5.34. The summed E-state index contributed by atoms with van der Waals surface area (Å²) in [4.78, 5) is 2.05. The van der Waals surface area contributed by atoms with Crippen LogP contribution in [0.1, 0.15) is 55.7 Å². The number of rotatable bonds is 8. The Morgan fingerprint density at radius 1 is 1.26 bits per heavy atom. The number of benzene rings is 1. The predicted octanol–water partition coefficient (Wildman–Crippen LogP) is 5.47. The number of allylic oxidation sites excluding steroid dienone is 2. The maximum absolute atomic E-state index is 12.8. The summed E-state index contributed by atoms with van der Waals surface area (Å²) in [6, 6.07) is 6.43. The minimum Gasteiger partial charge on any atom is -0.384 e. The summed E-state index contributed by atoms with van der Waals surface area (Å²) in [5.74, 6) is 0.821. The molecule has 0 aromatic heterocycles. The lowest BCUT2D eigenvalue weighted by Gasteiger charge is -2.25. The molecular weight excluding hydrogens is 342 g/mol. The zero-order valence-electron chi connectivity index (χ0n) is 17.1. The van der Waals surface area contributed by atoms with E-state index in [1.165, 1.54) is 11.1 Å². The van der Waals surface area contributed by atoms with Gasteiger partial charge in [-0.3, -0.25) is 0 Å². The van der Waals surface area contributed by atoms with E-state index in [1.807, 2.05) is 14.1 Å². The van der Waals surface area contributed by atoms with Crippen LogP contribution < -0.4 is 5.32 Å². The van der Waals surface area contributed by atoms with E-state index in [1.54, 1.807) is 0 Å². The fourth-order valence-electron chi connectivity index (χ4n) is 3.67. The molecule has 150 valence electrons. The van der Waals surface area contributed by atoms with Crippen LogP contribution in [0.3, 0.4) is 0 Å². The lowest BCUT2D eigenvalue weighted by Crippen LogP contribution is -2.27. The van der Waals surface area contributed by atoms with Crippen LogP contribution in [0.4, 0.5) is 8.78 Å². The lowest BCUT2D eigenvalue weighted by molar-refractivity contribution is 0.138. The lowest BCUT2D eigenvalue weighted by atomic mass is 9.85. The van der Waals surface area contributed by atoms with Crippen LogP contribution in [0.25, 0.3) is 6.08 Å². The average Bonchev–Trinajstić information content (AvgIpc) is 2.64. The van der Waals surface area contributed by atoms with Gasteiger partial charge in [0.05, 0.1) is 0 Å². The van der Waals surface area contributed by atoms with E-state index in [2.05, 4.69) is 60.6 Å². The molecule has 1 fully saturated rings. The summed E-state index contributed by atoms with van der Waals surface area (Å²) in [6.45, 7) is 6.32. The van der Waals surface area contributed by atoms with Crippen LogP contribution in [-0.2, 0) is 6.42 Å². The first kappa shape index (κ1) is 21.6. The van der Waals surface area contributed by atoms with Crippen LogP contribution in [0.15, 0.2) is 36.0 Å². The van der Waals surface area contributed by atoms with Gasteiger partial charge in [-0.05, 0) is 74.0 Å². The molecule has 0 aliphatic carbocycles. The SMILES string of the molecule is C/C(=C/N(C)C)C(C)/C=C/c1ccc(C2CCNCC2)c(CCC(F)F)c1. The number of nitrogens with zero attached hydrogens (tertiary/aromatic N) is 1. The highest BCUT2D eigenvalue weighted by Crippen LogP contribution is 2.30. The quantitative estimate of drug-likeness (QED) is 0.647. The van der Waals surface area contributed by atoms with Gasteiger partial charge in [-0.1, -0.05) is 42.8 Å². The summed E-state index contributed by atoms with van der Waals surface area (Å²) < 4.78 is 25.6. The zero-order chi connectivity index (χ0) is 19.8. The van der Waals surface area contributed by atoms with E-state index in [0.29, 0.717) is 18.3 Å². The number of hydrogen-bond donors (Lipinski definition) is 1. The third kappa shape index (κ3) is 7.10. The van der Waals surface area contributed by atoms with Gasteiger partial charge >= 0.3 is 0 Å². The van der Waals surface area contributed by atoms with E-state index >= 15 is 0 Å². The van der Waals surface area contributed by atoms with E-state index in [4.69, 9.17) is 0 Å². The van der Waals surface area contributed by atoms with Gasteiger partial charge < -0.3 is 10.2 Å². The van der Waals surface area contributed by atoms with Crippen LogP contribution in [0.5, 0.6) is 0 Å². The molecule has 4 heteroatoms. The van der Waals surface area contributed by atoms with Gasteiger partial charge in [-0.15, -0.1) is 0 Å². The van der Waals surface area contributed by atoms with Crippen LogP contribution in [0.2, 0.25) is 0 Å². The first-order valence-corrected chi connectivity index (χ1v) is 10.0. The van der Waals surface area contributed by atoms with Gasteiger partial charge in [0.25, 0.3) is 0 Å². The van der Waals surface area contributed by atoms with Crippen LogP contribution in [0, 0.1) is 5.92 Å². The number of nitrogens with one attached hydrogen (secondary N) is 1. The molecule has 0 spiro atoms. The highest BCUT2D eigenvalue weighted by atomic mass is 19.3. The number of halogens is 2. The fourth-order valence-corrected chi connectivity index (χ4v) is 3.67. The summed E-state index contributed by atoms with van der Waals surface area (Å²) in [5.41, 5.74) is 4.76. The molecule has 0 amide bonds. The molecular formula is C23H34F2N2. The molecule has 2 nitrogen and oxygen atoms in total. The summed E-state index contributed by atoms with van der Waals surface area (Å²) in [7, 11) is 4.05. The molecule has 1 atom stereocenters. The van der Waals surface area contributed by atoms with Gasteiger partial charge in [-0.25, -0.2) is 8.78 Å². The van der Waals surface area contributed by atoms with Gasteiger partial charge in [0.1, 0.15) is 0 Å². The summed E-state index contributed by atoms with van der Waals surface area (Å²) >= 11 is 0. The topological polar surface area (TPSA) is 15.3 Å². The summed E-state index contributed by atoms with van der Waals surface area (Å²) in [5, 5.41) is 3.38. The van der Waals surface area contributed by atoms with Crippen molar-refractivity contribution in [1.82, 2.24) is 10.2 Å². The smallest absolute Gasteiger partial charge is 0.239 e. The predicted molar refractivity (Wildman–Crippen MR) is 111 cm³/mol. The summed E-state index contributed by atoms with van der Waals surface area (Å²) in [6.07, 6.45) is 6.75. The van der Waals surface area contributed by atoms with E-state index in [-0.39, 0.29) is 6.42 Å². The second-order valence-corrected chi connectivity index (χ2v) is 7.90. The molecule has 27 heavy (non-hydrogen) atoms. The first-order chi connectivity index (χ1) is 12.9. The Kier molecular flexibility index (Phi) is 8.49. The van der Waals surface area contributed by atoms with Gasteiger partial charge in [-0.2, -0.15) is 0 Å². The molecule has 0 bridgehead atoms. The van der Waals surface area contributed by atoms with Crippen molar-refractivity contribution < 1.29 is 8.78 Å². The molecule has 1 N–H and O–H groups in total. The average molecular weight is 377 g/mol. The Labute approximate surface area is 163 Å². The molecule has 1 unspecified atom stereocenters. The van der Waals surface area contributed by atoms with E-state index in [9.17, 15) is 8.78 Å². The molecule has 1 aromatic rings. The van der Waals surface area contributed by atoms with Gasteiger partial charge in [0, 0.05) is 20.5 Å². The largest absolute Gasteiger partial charge is 0.384 e. The van der Waals surface area contributed by atoms with Crippen molar-refractivity contribution in [1.29, 1.82) is 0 Å². The van der Waals surface area contributed by atoms with Gasteiger partial charge in [0.2, 0.25) is 6.43 Å². The zero-order valence-corrected chi connectivity index (χ0v) is 17.1. The molecule has 2 rings (SSSR count). The van der Waals surface area contributed by atoms with Crippen molar-refractivity contribution in [3.8, 4) is 0 Å². The number of aryl methyl sites for hydroxylation is 1. The normalized spacial score (nSPS) is 17.7. The van der Waals surface area contributed by atoms with Crippen molar-refractivity contribution in [2.24, 2.45) is 5.92 Å². The fraction of sp³-hybridized carbons (Fsp3) is 0.565. The highest BCUT2D eigenvalue weighted by Gasteiger charge is 2.19. The Morgan fingerprint density at radius 2 is 1.96 bits per heavy atom. The second-order valence-electron chi connectivity index (χ2n) is 7.90. The van der Waals surface area contributed by atoms with Crippen molar-refractivity contribution in [3.05, 3.63) is 52.7 Å². The first-order valence-electron chi connectivity index (χ1n) is 10.0. The van der Waals surface area contributed by atoms with Crippen molar-refractivity contribution in [2.45, 2.75) is 51.9 Å². The van der Waals surface area contributed by atoms with Crippen LogP contribution in [-0.4, -0.2) is 38.5 Å². The highest BCUT2D eigenvalue weighted by molar-refractivity contribution is 5.53. The van der Waals surface area contributed by atoms with E-state index in [0.717, 1.165) is 37.1 Å². The molecule has 1 heterocycles. The van der Waals surface area contributed by atoms with Gasteiger partial charge in [0.15, 0.2) is 0 Å². The minimum atomic E-state index is -2.25. The van der Waals surface area contributed by atoms with E-state index < -0.39 is 6.43 Å². The molecule has 0 radical (unpaired) electrons. The Balaban J connectivity index is 2.19. The van der Waals surface area contributed by atoms with Crippen molar-refractivity contribution >= 4 is 6.08 Å². The standard InChI is InChI=1S/C23H34F2N2/c1-17(18(2)16-27(3)4)5-6-19-7-9-22(20-11-13-26-14-12-20)21(15-19)8-10-23(24)25/h5-7,9,15-17,20,23,26H,8,10-14H2,1-4H3/b6-5+,18-16-. The Hall–Kier alpha value is -1.68. The monoisotopic (exact) mass is 376 g/mol. The number of alkyl halides is 2. The molecule has 1 aromatic carbocycles. The molecule has 1 aliphatic rings. The maximum Gasteiger partial charge on any atom is 0.239 e. The molecule has 0 saturated carbocycles. The second kappa shape index (κ2) is 10.6. The Bertz CT molecular complexity index is 644. The maximum atomic E-state index is 12.8. The third-order valence-corrected chi connectivity index (χ3v) is 5.34. The molecule has 1 saturated heterocycles. The minimum absolute atomic E-state index is 0.0633. The number of hydrogen-bond acceptors (Lipinski definition) is 2.